The van der Waals surface area contributed by atoms with Crippen LogP contribution in [0.1, 0.15) is 31.0 Å². The minimum atomic E-state index is -0.213. The maximum absolute atomic E-state index is 5.66. The monoisotopic (exact) mass is 345 g/mol. The fourth-order valence-corrected chi connectivity index (χ4v) is 2.32. The highest BCUT2D eigenvalue weighted by molar-refractivity contribution is 9.10. The number of rotatable bonds is 6. The van der Waals surface area contributed by atoms with Crippen molar-refractivity contribution in [2.75, 3.05) is 38.8 Å². The molecule has 6 nitrogen and oxygen atoms in total. The van der Waals surface area contributed by atoms with Gasteiger partial charge in [0.15, 0.2) is 5.82 Å². The first kappa shape index (κ1) is 15.6. The number of anilines is 1. The third-order valence-electron chi connectivity index (χ3n) is 2.86. The number of hydrogen-bond donors (Lipinski definition) is 1. The van der Waals surface area contributed by atoms with Gasteiger partial charge in [-0.1, -0.05) is 6.92 Å². The van der Waals surface area contributed by atoms with E-state index in [-0.39, 0.29) is 6.10 Å². The van der Waals surface area contributed by atoms with Gasteiger partial charge in [0.25, 0.3) is 0 Å². The predicted molar refractivity (Wildman–Crippen MR) is 78.7 cm³/mol. The van der Waals surface area contributed by atoms with E-state index < -0.39 is 0 Å². The minimum absolute atomic E-state index is 0.213. The SMILES string of the molecule is CCCNc1nc(C2COCCO2)nc(COC)c1Br. The quantitative estimate of drug-likeness (QED) is 0.853. The van der Waals surface area contributed by atoms with Gasteiger partial charge in [-0.15, -0.1) is 0 Å². The molecular formula is C13H20BrN3O3. The van der Waals surface area contributed by atoms with E-state index in [9.17, 15) is 0 Å². The Kier molecular flexibility index (Phi) is 6.15. The van der Waals surface area contributed by atoms with Crippen molar-refractivity contribution in [1.82, 2.24) is 9.97 Å². The van der Waals surface area contributed by atoms with Crippen molar-refractivity contribution in [2.24, 2.45) is 0 Å². The van der Waals surface area contributed by atoms with Gasteiger partial charge in [0.1, 0.15) is 11.9 Å². The molecule has 1 aromatic rings. The Morgan fingerprint density at radius 1 is 1.40 bits per heavy atom. The van der Waals surface area contributed by atoms with E-state index in [0.29, 0.717) is 32.3 Å². The number of ether oxygens (including phenoxy) is 3. The molecule has 7 heteroatoms. The lowest BCUT2D eigenvalue weighted by Gasteiger charge is -2.23. The number of nitrogens with one attached hydrogen (secondary N) is 1. The van der Waals surface area contributed by atoms with Crippen LogP contribution < -0.4 is 5.32 Å². The third-order valence-corrected chi connectivity index (χ3v) is 3.70. The summed E-state index contributed by atoms with van der Waals surface area (Å²) in [6.45, 7) is 5.06. The number of methoxy groups -OCH3 is 1. The molecule has 2 rings (SSSR count). The Labute approximate surface area is 127 Å². The summed E-state index contributed by atoms with van der Waals surface area (Å²) in [7, 11) is 1.65. The van der Waals surface area contributed by atoms with Crippen molar-refractivity contribution in [1.29, 1.82) is 0 Å². The molecule has 1 atom stereocenters. The molecule has 0 amide bonds. The van der Waals surface area contributed by atoms with E-state index in [1.54, 1.807) is 7.11 Å². The Balaban J connectivity index is 2.27. The molecule has 1 fully saturated rings. The summed E-state index contributed by atoms with van der Waals surface area (Å²) in [5.74, 6) is 1.41. The van der Waals surface area contributed by atoms with Gasteiger partial charge in [0.2, 0.25) is 0 Å². The molecule has 1 aliphatic rings. The van der Waals surface area contributed by atoms with Gasteiger partial charge in [0.05, 0.1) is 36.6 Å². The lowest BCUT2D eigenvalue weighted by Crippen LogP contribution is -2.24. The van der Waals surface area contributed by atoms with Crippen molar-refractivity contribution in [2.45, 2.75) is 26.1 Å². The molecule has 20 heavy (non-hydrogen) atoms. The van der Waals surface area contributed by atoms with Gasteiger partial charge in [-0.25, -0.2) is 9.97 Å². The molecule has 1 N–H and O–H groups in total. The van der Waals surface area contributed by atoms with Crippen molar-refractivity contribution in [3.8, 4) is 0 Å². The Bertz CT molecular complexity index is 439. The summed E-state index contributed by atoms with van der Waals surface area (Å²) < 4.78 is 17.1. The molecule has 2 heterocycles. The van der Waals surface area contributed by atoms with Crippen LogP contribution in [-0.2, 0) is 20.8 Å². The molecule has 1 aliphatic heterocycles. The zero-order chi connectivity index (χ0) is 14.4. The van der Waals surface area contributed by atoms with Gasteiger partial charge in [0, 0.05) is 13.7 Å². The zero-order valence-electron chi connectivity index (χ0n) is 11.8. The molecular weight excluding hydrogens is 326 g/mol. The van der Waals surface area contributed by atoms with E-state index in [4.69, 9.17) is 14.2 Å². The third kappa shape index (κ3) is 3.88. The summed E-state index contributed by atoms with van der Waals surface area (Å²) in [5, 5.41) is 3.29. The molecule has 0 saturated carbocycles. The average molecular weight is 346 g/mol. The normalized spacial score (nSPS) is 19.1. The standard InChI is InChI=1S/C13H20BrN3O3/c1-3-4-15-13-11(14)9(7-18-2)16-12(17-13)10-8-19-5-6-20-10/h10H,3-8H2,1-2H3,(H,15,16,17). The molecule has 1 unspecified atom stereocenters. The number of hydrogen-bond acceptors (Lipinski definition) is 6. The van der Waals surface area contributed by atoms with Gasteiger partial charge < -0.3 is 19.5 Å². The van der Waals surface area contributed by atoms with Crippen LogP contribution in [0.25, 0.3) is 0 Å². The van der Waals surface area contributed by atoms with Gasteiger partial charge in [-0.3, -0.25) is 0 Å². The fourth-order valence-electron chi connectivity index (χ4n) is 1.89. The summed E-state index contributed by atoms with van der Waals surface area (Å²) in [5.41, 5.74) is 0.810. The molecule has 0 aliphatic carbocycles. The molecule has 0 aromatic carbocycles. The Morgan fingerprint density at radius 2 is 2.25 bits per heavy atom. The van der Waals surface area contributed by atoms with Crippen LogP contribution in [0.3, 0.4) is 0 Å². The van der Waals surface area contributed by atoms with Crippen molar-refractivity contribution >= 4 is 21.7 Å². The Morgan fingerprint density at radius 3 is 2.90 bits per heavy atom. The van der Waals surface area contributed by atoms with Crippen molar-refractivity contribution in [3.05, 3.63) is 16.0 Å². The number of nitrogens with zero attached hydrogens (tertiary/aromatic N) is 2. The van der Waals surface area contributed by atoms with Gasteiger partial charge in [-0.05, 0) is 22.4 Å². The smallest absolute Gasteiger partial charge is 0.162 e. The zero-order valence-corrected chi connectivity index (χ0v) is 13.4. The van der Waals surface area contributed by atoms with Gasteiger partial charge in [-0.2, -0.15) is 0 Å². The van der Waals surface area contributed by atoms with Crippen LogP contribution in [0.15, 0.2) is 4.47 Å². The summed E-state index contributed by atoms with van der Waals surface area (Å²) in [6.07, 6.45) is 0.809. The fraction of sp³-hybridized carbons (Fsp3) is 0.692. The molecule has 112 valence electrons. The van der Waals surface area contributed by atoms with E-state index in [2.05, 4.69) is 38.1 Å². The molecule has 0 bridgehead atoms. The van der Waals surface area contributed by atoms with Crippen LogP contribution in [0, 0.1) is 0 Å². The van der Waals surface area contributed by atoms with Crippen molar-refractivity contribution < 1.29 is 14.2 Å². The first-order valence-corrected chi connectivity index (χ1v) is 7.54. The minimum Gasteiger partial charge on any atom is -0.378 e. The Hall–Kier alpha value is -0.760. The van der Waals surface area contributed by atoms with Gasteiger partial charge >= 0.3 is 0 Å². The second-order valence-electron chi connectivity index (χ2n) is 4.49. The van der Waals surface area contributed by atoms with Crippen LogP contribution in [0.4, 0.5) is 5.82 Å². The highest BCUT2D eigenvalue weighted by Crippen LogP contribution is 2.27. The summed E-state index contributed by atoms with van der Waals surface area (Å²) >= 11 is 3.53. The summed E-state index contributed by atoms with van der Waals surface area (Å²) in [4.78, 5) is 9.07. The van der Waals surface area contributed by atoms with E-state index in [0.717, 1.165) is 29.0 Å². The number of aromatic nitrogens is 2. The summed E-state index contributed by atoms with van der Waals surface area (Å²) in [6, 6.07) is 0. The maximum Gasteiger partial charge on any atom is 0.162 e. The molecule has 0 spiro atoms. The highest BCUT2D eigenvalue weighted by Gasteiger charge is 2.22. The van der Waals surface area contributed by atoms with Crippen LogP contribution in [0.5, 0.6) is 0 Å². The van der Waals surface area contributed by atoms with Crippen LogP contribution in [-0.4, -0.2) is 43.4 Å². The van der Waals surface area contributed by atoms with E-state index in [1.165, 1.54) is 0 Å². The predicted octanol–water partition coefficient (Wildman–Crippen LogP) is 2.30. The van der Waals surface area contributed by atoms with E-state index >= 15 is 0 Å². The lowest BCUT2D eigenvalue weighted by atomic mass is 10.3. The first-order chi connectivity index (χ1) is 9.76. The molecule has 0 radical (unpaired) electrons. The average Bonchev–Trinajstić information content (AvgIpc) is 2.49. The largest absolute Gasteiger partial charge is 0.378 e. The topological polar surface area (TPSA) is 65.5 Å². The highest BCUT2D eigenvalue weighted by atomic mass is 79.9. The van der Waals surface area contributed by atoms with Crippen molar-refractivity contribution in [3.63, 3.8) is 0 Å². The second kappa shape index (κ2) is 7.87. The maximum atomic E-state index is 5.66. The van der Waals surface area contributed by atoms with Crippen LogP contribution in [0.2, 0.25) is 0 Å². The molecule has 1 saturated heterocycles. The number of halogens is 1. The first-order valence-electron chi connectivity index (χ1n) is 6.74. The molecule has 1 aromatic heterocycles. The van der Waals surface area contributed by atoms with E-state index in [1.807, 2.05) is 0 Å². The van der Waals surface area contributed by atoms with Crippen LogP contribution >= 0.6 is 15.9 Å². The lowest BCUT2D eigenvalue weighted by molar-refractivity contribution is -0.0936. The second-order valence-corrected chi connectivity index (χ2v) is 5.28.